The van der Waals surface area contributed by atoms with E-state index in [0.29, 0.717) is 6.42 Å². The zero-order valence-corrected chi connectivity index (χ0v) is 14.0. The van der Waals surface area contributed by atoms with Gasteiger partial charge in [0.15, 0.2) is 0 Å². The summed E-state index contributed by atoms with van der Waals surface area (Å²) in [6.45, 7) is 1.92. The Labute approximate surface area is 134 Å². The molecule has 1 unspecified atom stereocenters. The number of aryl methyl sites for hydroxylation is 2. The number of halogens is 2. The highest BCUT2D eigenvalue weighted by Crippen LogP contribution is 2.33. The number of benzene rings is 1. The molecule has 2 aromatic heterocycles. The summed E-state index contributed by atoms with van der Waals surface area (Å²) in [5.41, 5.74) is 1.85. The Kier molecular flexibility index (Phi) is 3.86. The fraction of sp³-hybridized carbons (Fsp3) is 0.267. The molecule has 0 amide bonds. The lowest BCUT2D eigenvalue weighted by Crippen LogP contribution is -2.05. The van der Waals surface area contributed by atoms with Crippen LogP contribution in [0.2, 0.25) is 0 Å². The van der Waals surface area contributed by atoms with Gasteiger partial charge in [0, 0.05) is 23.0 Å². The quantitative estimate of drug-likeness (QED) is 0.754. The predicted molar refractivity (Wildman–Crippen MR) is 86.1 cm³/mol. The normalized spacial score (nSPS) is 13.0. The molecule has 1 aromatic carbocycles. The first-order chi connectivity index (χ1) is 9.95. The molecule has 0 saturated heterocycles. The van der Waals surface area contributed by atoms with E-state index in [-0.39, 0.29) is 5.82 Å². The number of rotatable bonds is 3. The van der Waals surface area contributed by atoms with Gasteiger partial charge < -0.3 is 5.11 Å². The van der Waals surface area contributed by atoms with E-state index in [4.69, 9.17) is 0 Å². The minimum atomic E-state index is -0.628. The van der Waals surface area contributed by atoms with Gasteiger partial charge in [-0.2, -0.15) is 5.10 Å². The molecule has 0 fully saturated rings. The first kappa shape index (κ1) is 14.7. The third kappa shape index (κ3) is 2.75. The van der Waals surface area contributed by atoms with Gasteiger partial charge in [-0.1, -0.05) is 0 Å². The maximum absolute atomic E-state index is 13.2. The molecule has 1 N–H and O–H groups in total. The molecule has 3 aromatic rings. The van der Waals surface area contributed by atoms with E-state index in [1.165, 1.54) is 23.5 Å². The van der Waals surface area contributed by atoms with Crippen LogP contribution in [0.25, 0.3) is 10.1 Å². The smallest absolute Gasteiger partial charge is 0.123 e. The summed E-state index contributed by atoms with van der Waals surface area (Å²) in [6.07, 6.45) is -0.163. The van der Waals surface area contributed by atoms with Gasteiger partial charge in [-0.3, -0.25) is 4.68 Å². The predicted octanol–water partition coefficient (Wildman–Crippen LogP) is 4.12. The molecule has 0 spiro atoms. The van der Waals surface area contributed by atoms with Crippen LogP contribution in [-0.2, 0) is 13.5 Å². The summed E-state index contributed by atoms with van der Waals surface area (Å²) < 4.78 is 16.9. The van der Waals surface area contributed by atoms with E-state index in [0.717, 1.165) is 30.8 Å². The fourth-order valence-electron chi connectivity index (χ4n) is 2.38. The molecule has 0 aliphatic carbocycles. The maximum atomic E-state index is 13.2. The highest BCUT2D eigenvalue weighted by Gasteiger charge is 2.18. The van der Waals surface area contributed by atoms with Gasteiger partial charge in [-0.25, -0.2) is 4.39 Å². The molecule has 0 bridgehead atoms. The van der Waals surface area contributed by atoms with Crippen molar-refractivity contribution in [1.82, 2.24) is 9.78 Å². The Morgan fingerprint density at radius 3 is 2.86 bits per heavy atom. The third-order valence-corrected chi connectivity index (χ3v) is 5.72. The monoisotopic (exact) mass is 368 g/mol. The Morgan fingerprint density at radius 1 is 1.43 bits per heavy atom. The molecule has 0 saturated carbocycles. The first-order valence-electron chi connectivity index (χ1n) is 6.50. The summed E-state index contributed by atoms with van der Waals surface area (Å²) in [5, 5.41) is 15.6. The number of hydrogen-bond donors (Lipinski definition) is 1. The Morgan fingerprint density at radius 2 is 2.19 bits per heavy atom. The van der Waals surface area contributed by atoms with Crippen molar-refractivity contribution in [1.29, 1.82) is 0 Å². The SMILES string of the molecule is Cc1nn(C)c(CC(O)c2cc3cc(F)ccc3s2)c1Br. The molecule has 0 radical (unpaired) electrons. The van der Waals surface area contributed by atoms with Crippen molar-refractivity contribution in [2.24, 2.45) is 7.05 Å². The van der Waals surface area contributed by atoms with E-state index < -0.39 is 6.10 Å². The molecule has 1 atom stereocenters. The van der Waals surface area contributed by atoms with Crippen LogP contribution in [0, 0.1) is 12.7 Å². The van der Waals surface area contributed by atoms with Crippen LogP contribution in [0.15, 0.2) is 28.7 Å². The second kappa shape index (κ2) is 5.51. The van der Waals surface area contributed by atoms with E-state index in [1.54, 1.807) is 10.7 Å². The maximum Gasteiger partial charge on any atom is 0.123 e. The number of hydrogen-bond acceptors (Lipinski definition) is 3. The highest BCUT2D eigenvalue weighted by atomic mass is 79.9. The molecule has 21 heavy (non-hydrogen) atoms. The number of aliphatic hydroxyl groups is 1. The van der Waals surface area contributed by atoms with Crippen molar-refractivity contribution >= 4 is 37.4 Å². The van der Waals surface area contributed by atoms with Crippen LogP contribution in [0.1, 0.15) is 22.4 Å². The minimum Gasteiger partial charge on any atom is -0.387 e. The molecule has 0 aliphatic rings. The molecular weight excluding hydrogens is 355 g/mol. The van der Waals surface area contributed by atoms with Crippen LogP contribution in [0.5, 0.6) is 0 Å². The van der Waals surface area contributed by atoms with Gasteiger partial charge in [0.1, 0.15) is 5.82 Å². The van der Waals surface area contributed by atoms with Crippen LogP contribution >= 0.6 is 27.3 Å². The van der Waals surface area contributed by atoms with Gasteiger partial charge in [-0.05, 0) is 52.5 Å². The summed E-state index contributed by atoms with van der Waals surface area (Å²) in [7, 11) is 1.86. The molecule has 3 rings (SSSR count). The zero-order chi connectivity index (χ0) is 15.1. The van der Waals surface area contributed by atoms with Crippen molar-refractivity contribution in [3.8, 4) is 0 Å². The molecule has 0 aliphatic heterocycles. The number of fused-ring (bicyclic) bond motifs is 1. The van der Waals surface area contributed by atoms with E-state index in [1.807, 2.05) is 20.0 Å². The molecule has 110 valence electrons. The van der Waals surface area contributed by atoms with Crippen LogP contribution in [-0.4, -0.2) is 14.9 Å². The number of aromatic nitrogens is 2. The fourth-order valence-corrected chi connectivity index (χ4v) is 3.91. The van der Waals surface area contributed by atoms with Crippen LogP contribution in [0.3, 0.4) is 0 Å². The summed E-state index contributed by atoms with van der Waals surface area (Å²) >= 11 is 5.00. The number of thiophene rings is 1. The molecule has 6 heteroatoms. The summed E-state index contributed by atoms with van der Waals surface area (Å²) in [4.78, 5) is 0.835. The molecule has 3 nitrogen and oxygen atoms in total. The minimum absolute atomic E-state index is 0.258. The highest BCUT2D eigenvalue weighted by molar-refractivity contribution is 9.10. The average Bonchev–Trinajstić information content (AvgIpc) is 2.95. The largest absolute Gasteiger partial charge is 0.387 e. The van der Waals surface area contributed by atoms with Crippen molar-refractivity contribution in [2.45, 2.75) is 19.4 Å². The van der Waals surface area contributed by atoms with Crippen LogP contribution < -0.4 is 0 Å². The average molecular weight is 369 g/mol. The molecule has 2 heterocycles. The van der Waals surface area contributed by atoms with Crippen molar-refractivity contribution in [3.63, 3.8) is 0 Å². The van der Waals surface area contributed by atoms with Gasteiger partial charge in [-0.15, -0.1) is 11.3 Å². The van der Waals surface area contributed by atoms with E-state index in [2.05, 4.69) is 21.0 Å². The lowest BCUT2D eigenvalue weighted by molar-refractivity contribution is 0.179. The standard InChI is InChI=1S/C15H14BrFN2OS/c1-8-15(16)11(19(2)18-8)7-12(20)14-6-9-5-10(17)3-4-13(9)21-14/h3-6,12,20H,7H2,1-2H3. The van der Waals surface area contributed by atoms with Gasteiger partial charge in [0.05, 0.1) is 22.0 Å². The second-order valence-corrected chi connectivity index (χ2v) is 6.93. The Balaban J connectivity index is 1.91. The van der Waals surface area contributed by atoms with Crippen molar-refractivity contribution < 1.29 is 9.50 Å². The molecular formula is C15H14BrFN2OS. The lowest BCUT2D eigenvalue weighted by atomic mass is 10.1. The lowest BCUT2D eigenvalue weighted by Gasteiger charge is -2.09. The number of aliphatic hydroxyl groups excluding tert-OH is 1. The summed E-state index contributed by atoms with van der Waals surface area (Å²) in [6, 6.07) is 6.53. The van der Waals surface area contributed by atoms with Gasteiger partial charge in [0.25, 0.3) is 0 Å². The van der Waals surface area contributed by atoms with E-state index >= 15 is 0 Å². The van der Waals surface area contributed by atoms with E-state index in [9.17, 15) is 9.50 Å². The third-order valence-electron chi connectivity index (χ3n) is 3.47. The Bertz CT molecular complexity index is 811. The first-order valence-corrected chi connectivity index (χ1v) is 8.11. The van der Waals surface area contributed by atoms with Crippen LogP contribution in [0.4, 0.5) is 4.39 Å². The van der Waals surface area contributed by atoms with Crippen molar-refractivity contribution in [3.05, 3.63) is 50.8 Å². The van der Waals surface area contributed by atoms with Gasteiger partial charge in [0.2, 0.25) is 0 Å². The Hall–Kier alpha value is -1.24. The number of nitrogens with zero attached hydrogens (tertiary/aromatic N) is 2. The van der Waals surface area contributed by atoms with Gasteiger partial charge >= 0.3 is 0 Å². The summed E-state index contributed by atoms with van der Waals surface area (Å²) in [5.74, 6) is -0.258. The zero-order valence-electron chi connectivity index (χ0n) is 11.6. The van der Waals surface area contributed by atoms with Crippen molar-refractivity contribution in [2.75, 3.05) is 0 Å². The topological polar surface area (TPSA) is 38.0 Å². The second-order valence-electron chi connectivity index (χ2n) is 5.02.